The zero-order valence-electron chi connectivity index (χ0n) is 8.98. The molecule has 0 aromatic rings. The third-order valence-corrected chi connectivity index (χ3v) is 3.06. The van der Waals surface area contributed by atoms with Crippen LogP contribution < -0.4 is 0 Å². The average molecular weight is 201 g/mol. The third-order valence-electron chi connectivity index (χ3n) is 1.54. The number of rotatable bonds is 5. The Morgan fingerprint density at radius 3 is 1.92 bits per heavy atom. The van der Waals surface area contributed by atoms with Crippen LogP contribution in [0.2, 0.25) is 0 Å². The van der Waals surface area contributed by atoms with E-state index in [0.717, 1.165) is 8.96 Å². The van der Waals surface area contributed by atoms with Gasteiger partial charge in [-0.2, -0.15) is 5.26 Å². The highest BCUT2D eigenvalue weighted by molar-refractivity contribution is 7.29. The van der Waals surface area contributed by atoms with Crippen molar-refractivity contribution in [2.75, 3.05) is 0 Å². The first kappa shape index (κ1) is 12.8. The van der Waals surface area contributed by atoms with Gasteiger partial charge in [0.1, 0.15) is 6.10 Å². The van der Waals surface area contributed by atoms with Gasteiger partial charge in [-0.3, -0.25) is 0 Å². The number of hydrogen-bond donors (Lipinski definition) is 0. The molecule has 4 heteroatoms. The molecule has 13 heavy (non-hydrogen) atoms. The lowest BCUT2D eigenvalue weighted by Gasteiger charge is -2.28. The molecule has 0 heterocycles. The van der Waals surface area contributed by atoms with Crippen molar-refractivity contribution in [2.45, 2.75) is 52.8 Å². The van der Waals surface area contributed by atoms with Gasteiger partial charge in [-0.05, 0) is 34.6 Å². The molecule has 0 aliphatic carbocycles. The van der Waals surface area contributed by atoms with Gasteiger partial charge in [0.25, 0.3) is 0 Å². The molecule has 3 nitrogen and oxygen atoms in total. The van der Waals surface area contributed by atoms with E-state index in [1.165, 1.54) is 0 Å². The summed E-state index contributed by atoms with van der Waals surface area (Å²) in [5.41, 5.74) is 0. The lowest BCUT2D eigenvalue weighted by molar-refractivity contribution is 0.248. The van der Waals surface area contributed by atoms with E-state index in [4.69, 9.17) is 9.79 Å². The molecule has 0 aromatic carbocycles. The zero-order valence-corrected chi connectivity index (χ0v) is 9.88. The zero-order chi connectivity index (χ0) is 10.4. The Balaban J connectivity index is 3.92. The maximum Gasteiger partial charge on any atom is 0.177 e. The van der Waals surface area contributed by atoms with Gasteiger partial charge >= 0.3 is 0 Å². The molecule has 0 fully saturated rings. The highest BCUT2D eigenvalue weighted by Gasteiger charge is 2.16. The van der Waals surface area contributed by atoms with E-state index < -0.39 is 0 Å². The van der Waals surface area contributed by atoms with Crippen molar-refractivity contribution < 1.29 is 4.52 Å². The molecular weight excluding hydrogens is 183 g/mol. The van der Waals surface area contributed by atoms with Crippen LogP contribution in [0.15, 0.2) is 0 Å². The van der Waals surface area contributed by atoms with Gasteiger partial charge in [0, 0.05) is 12.1 Å². The minimum Gasteiger partial charge on any atom is -0.319 e. The summed E-state index contributed by atoms with van der Waals surface area (Å²) in [7, 11) is 0.782. The molecular formula is C9H18N2OP. The van der Waals surface area contributed by atoms with Crippen LogP contribution in [0.5, 0.6) is 0 Å². The first-order valence-corrected chi connectivity index (χ1v) is 5.30. The predicted octanol–water partition coefficient (Wildman–Crippen LogP) is 2.81. The third kappa shape index (κ3) is 5.21. The van der Waals surface area contributed by atoms with Gasteiger partial charge in [0.05, 0.1) is 6.07 Å². The van der Waals surface area contributed by atoms with E-state index in [1.54, 1.807) is 6.92 Å². The van der Waals surface area contributed by atoms with Crippen LogP contribution in [-0.2, 0) is 4.52 Å². The highest BCUT2D eigenvalue weighted by Crippen LogP contribution is 2.26. The van der Waals surface area contributed by atoms with Gasteiger partial charge in [-0.15, -0.1) is 0 Å². The van der Waals surface area contributed by atoms with Gasteiger partial charge < -0.3 is 4.52 Å². The largest absolute Gasteiger partial charge is 0.319 e. The van der Waals surface area contributed by atoms with E-state index in [0.29, 0.717) is 12.1 Å². The molecule has 0 aliphatic rings. The maximum atomic E-state index is 8.53. The van der Waals surface area contributed by atoms with Crippen LogP contribution in [0.25, 0.3) is 0 Å². The predicted molar refractivity (Wildman–Crippen MR) is 55.2 cm³/mol. The monoisotopic (exact) mass is 201 g/mol. The molecule has 1 radical (unpaired) electrons. The molecule has 75 valence electrons. The molecule has 1 unspecified atom stereocenters. The van der Waals surface area contributed by atoms with Crippen molar-refractivity contribution in [1.29, 1.82) is 5.26 Å². The van der Waals surface area contributed by atoms with Crippen LogP contribution >= 0.6 is 8.96 Å². The molecule has 1 atom stereocenters. The van der Waals surface area contributed by atoms with E-state index in [2.05, 4.69) is 32.4 Å². The molecule has 0 rings (SSSR count). The van der Waals surface area contributed by atoms with Crippen molar-refractivity contribution in [3.63, 3.8) is 0 Å². The summed E-state index contributed by atoms with van der Waals surface area (Å²) in [6.45, 7) is 10.2. The van der Waals surface area contributed by atoms with Crippen LogP contribution in [-0.4, -0.2) is 22.9 Å². The number of hydrogen-bond acceptors (Lipinski definition) is 3. The van der Waals surface area contributed by atoms with Gasteiger partial charge in [0.15, 0.2) is 8.96 Å². The maximum absolute atomic E-state index is 8.53. The first-order chi connectivity index (χ1) is 5.99. The minimum atomic E-state index is -0.332. The van der Waals surface area contributed by atoms with E-state index in [1.807, 2.05) is 6.07 Å². The second-order valence-corrected chi connectivity index (χ2v) is 4.36. The fourth-order valence-electron chi connectivity index (χ4n) is 0.934. The summed E-state index contributed by atoms with van der Waals surface area (Å²) in [6, 6.07) is 2.92. The minimum absolute atomic E-state index is 0.332. The first-order valence-electron chi connectivity index (χ1n) is 4.53. The molecule has 0 N–H and O–H groups in total. The van der Waals surface area contributed by atoms with Crippen molar-refractivity contribution in [3.05, 3.63) is 0 Å². The van der Waals surface area contributed by atoms with Crippen LogP contribution in [0.3, 0.4) is 0 Å². The van der Waals surface area contributed by atoms with Crippen LogP contribution in [0.4, 0.5) is 0 Å². The fourth-order valence-corrected chi connectivity index (χ4v) is 1.61. The van der Waals surface area contributed by atoms with Gasteiger partial charge in [-0.1, -0.05) is 0 Å². The quantitative estimate of drug-likeness (QED) is 0.642. The Morgan fingerprint density at radius 2 is 1.62 bits per heavy atom. The highest BCUT2D eigenvalue weighted by atomic mass is 31.1. The molecule has 0 saturated carbocycles. The van der Waals surface area contributed by atoms with Crippen LogP contribution in [0, 0.1) is 11.3 Å². The summed E-state index contributed by atoms with van der Waals surface area (Å²) in [4.78, 5) is 0. The Kier molecular flexibility index (Phi) is 6.24. The van der Waals surface area contributed by atoms with E-state index >= 15 is 0 Å². The molecule has 0 bridgehead atoms. The molecule has 0 aromatic heterocycles. The second-order valence-electron chi connectivity index (χ2n) is 3.53. The SMILES string of the molecule is CC(C#N)O[P]N(C(C)C)C(C)C. The standard InChI is InChI=1S/C9H18N2OP/c1-7(2)11(8(3)4)13-12-9(5)6-10/h7-9H,1-5H3. The van der Waals surface area contributed by atoms with Gasteiger partial charge in [0.2, 0.25) is 0 Å². The smallest absolute Gasteiger partial charge is 0.177 e. The van der Waals surface area contributed by atoms with Crippen molar-refractivity contribution in [3.8, 4) is 6.07 Å². The summed E-state index contributed by atoms with van der Waals surface area (Å²) >= 11 is 0. The van der Waals surface area contributed by atoms with Crippen molar-refractivity contribution in [1.82, 2.24) is 4.67 Å². The van der Waals surface area contributed by atoms with E-state index in [9.17, 15) is 0 Å². The molecule has 0 aliphatic heterocycles. The summed E-state index contributed by atoms with van der Waals surface area (Å²) in [5.74, 6) is 0. The normalized spacial score (nSPS) is 14.7. The van der Waals surface area contributed by atoms with E-state index in [-0.39, 0.29) is 6.10 Å². The van der Waals surface area contributed by atoms with Crippen molar-refractivity contribution >= 4 is 8.96 Å². The summed E-state index contributed by atoms with van der Waals surface area (Å²) in [6.07, 6.45) is -0.332. The number of nitriles is 1. The molecule has 0 saturated heterocycles. The van der Waals surface area contributed by atoms with Crippen molar-refractivity contribution in [2.24, 2.45) is 0 Å². The van der Waals surface area contributed by atoms with Crippen LogP contribution in [0.1, 0.15) is 34.6 Å². The van der Waals surface area contributed by atoms with Gasteiger partial charge in [-0.25, -0.2) is 4.67 Å². The number of nitrogens with zero attached hydrogens (tertiary/aromatic N) is 2. The average Bonchev–Trinajstić information content (AvgIpc) is 2.03. The Bertz CT molecular complexity index is 169. The Labute approximate surface area is 83.0 Å². The topological polar surface area (TPSA) is 36.3 Å². The Morgan fingerprint density at radius 1 is 1.15 bits per heavy atom. The molecule has 0 amide bonds. The second kappa shape index (κ2) is 6.32. The fraction of sp³-hybridized carbons (Fsp3) is 0.889. The lowest BCUT2D eigenvalue weighted by atomic mass is 10.3. The summed E-state index contributed by atoms with van der Waals surface area (Å²) < 4.78 is 7.49. The molecule has 0 spiro atoms. The lowest BCUT2D eigenvalue weighted by Crippen LogP contribution is -2.30. The summed E-state index contributed by atoms with van der Waals surface area (Å²) in [5, 5.41) is 8.53. The Hall–Kier alpha value is -0.160.